The molecule has 0 fully saturated rings. The van der Waals surface area contributed by atoms with E-state index in [1.165, 1.54) is 5.56 Å². The first-order valence-electron chi connectivity index (χ1n) is 4.85. The SMILES string of the molecule is CCc1nc2c(C)cccc2n[n+]1C. The standard InChI is InChI=1S/C11H14N3/c1-4-10-12-11-8(2)6-5-7-9(11)13-14(10)3/h5-7H,4H2,1-3H3/q+1. The zero-order valence-electron chi connectivity index (χ0n) is 8.78. The van der Waals surface area contributed by atoms with Crippen molar-refractivity contribution in [1.82, 2.24) is 10.1 Å². The third kappa shape index (κ3) is 1.35. The molecule has 0 radical (unpaired) electrons. The second-order valence-corrected chi connectivity index (χ2v) is 3.45. The lowest BCUT2D eigenvalue weighted by Crippen LogP contribution is -2.39. The van der Waals surface area contributed by atoms with Crippen LogP contribution < -0.4 is 4.68 Å². The smallest absolute Gasteiger partial charge is 0.137 e. The summed E-state index contributed by atoms with van der Waals surface area (Å²) >= 11 is 0. The Hall–Kier alpha value is -1.51. The molecule has 0 N–H and O–H groups in total. The van der Waals surface area contributed by atoms with E-state index in [2.05, 4.69) is 30.0 Å². The van der Waals surface area contributed by atoms with E-state index in [0.717, 1.165) is 23.3 Å². The van der Waals surface area contributed by atoms with Crippen LogP contribution in [0.3, 0.4) is 0 Å². The third-order valence-electron chi connectivity index (χ3n) is 2.40. The fourth-order valence-corrected chi connectivity index (χ4v) is 1.60. The van der Waals surface area contributed by atoms with Crippen LogP contribution >= 0.6 is 0 Å². The van der Waals surface area contributed by atoms with E-state index in [4.69, 9.17) is 0 Å². The van der Waals surface area contributed by atoms with Gasteiger partial charge in [0.15, 0.2) is 5.52 Å². The Morgan fingerprint density at radius 2 is 2.14 bits per heavy atom. The largest absolute Gasteiger partial charge is 0.318 e. The summed E-state index contributed by atoms with van der Waals surface area (Å²) in [4.78, 5) is 4.59. The summed E-state index contributed by atoms with van der Waals surface area (Å²) < 4.78 is 1.85. The zero-order valence-corrected chi connectivity index (χ0v) is 8.78. The van der Waals surface area contributed by atoms with Gasteiger partial charge in [-0.1, -0.05) is 24.2 Å². The maximum absolute atomic E-state index is 4.59. The van der Waals surface area contributed by atoms with Gasteiger partial charge in [-0.25, -0.2) is 0 Å². The molecule has 3 nitrogen and oxygen atoms in total. The minimum absolute atomic E-state index is 0.910. The number of hydrogen-bond donors (Lipinski definition) is 0. The summed E-state index contributed by atoms with van der Waals surface area (Å²) in [5, 5.41) is 4.46. The molecule has 0 unspecified atom stereocenters. The summed E-state index contributed by atoms with van der Waals surface area (Å²) in [6.45, 7) is 4.16. The molecule has 0 amide bonds. The molecule has 1 aromatic heterocycles. The van der Waals surface area contributed by atoms with Gasteiger partial charge < -0.3 is 0 Å². The van der Waals surface area contributed by atoms with Gasteiger partial charge >= 0.3 is 5.82 Å². The van der Waals surface area contributed by atoms with Gasteiger partial charge in [-0.15, -0.1) is 4.68 Å². The summed E-state index contributed by atoms with van der Waals surface area (Å²) in [6, 6.07) is 6.07. The van der Waals surface area contributed by atoms with Crippen molar-refractivity contribution < 1.29 is 4.68 Å². The Morgan fingerprint density at radius 3 is 2.86 bits per heavy atom. The van der Waals surface area contributed by atoms with E-state index in [1.807, 2.05) is 23.9 Å². The van der Waals surface area contributed by atoms with Gasteiger partial charge in [0.2, 0.25) is 5.52 Å². The lowest BCUT2D eigenvalue weighted by molar-refractivity contribution is -0.738. The summed E-state index contributed by atoms with van der Waals surface area (Å²) in [7, 11) is 1.94. The molecule has 0 saturated heterocycles. The van der Waals surface area contributed by atoms with Crippen molar-refractivity contribution in [3.8, 4) is 0 Å². The van der Waals surface area contributed by atoms with Crippen molar-refractivity contribution in [2.24, 2.45) is 7.05 Å². The van der Waals surface area contributed by atoms with Gasteiger partial charge in [0.1, 0.15) is 7.05 Å². The predicted octanol–water partition coefficient (Wildman–Crippen LogP) is 1.33. The number of benzene rings is 1. The molecular weight excluding hydrogens is 174 g/mol. The van der Waals surface area contributed by atoms with Crippen LogP contribution in [0.1, 0.15) is 18.3 Å². The van der Waals surface area contributed by atoms with E-state index in [-0.39, 0.29) is 0 Å². The number of aryl methyl sites for hydroxylation is 3. The Morgan fingerprint density at radius 1 is 1.36 bits per heavy atom. The van der Waals surface area contributed by atoms with Crippen molar-refractivity contribution in [2.75, 3.05) is 0 Å². The maximum Gasteiger partial charge on any atom is 0.318 e. The normalized spacial score (nSPS) is 10.8. The van der Waals surface area contributed by atoms with E-state index in [1.54, 1.807) is 0 Å². The molecule has 0 spiro atoms. The van der Waals surface area contributed by atoms with Crippen LogP contribution in [-0.2, 0) is 13.5 Å². The van der Waals surface area contributed by atoms with Gasteiger partial charge in [-0.2, -0.15) is 0 Å². The molecule has 0 aliphatic rings. The fraction of sp³-hybridized carbons (Fsp3) is 0.364. The van der Waals surface area contributed by atoms with Gasteiger partial charge in [0.05, 0.1) is 6.42 Å². The van der Waals surface area contributed by atoms with E-state index >= 15 is 0 Å². The first kappa shape index (κ1) is 9.06. The number of nitrogens with zero attached hydrogens (tertiary/aromatic N) is 3. The number of hydrogen-bond acceptors (Lipinski definition) is 2. The van der Waals surface area contributed by atoms with Crippen LogP contribution in [-0.4, -0.2) is 10.1 Å². The minimum atomic E-state index is 0.910. The van der Waals surface area contributed by atoms with Crippen LogP contribution in [0.4, 0.5) is 0 Å². The van der Waals surface area contributed by atoms with E-state index in [0.29, 0.717) is 0 Å². The van der Waals surface area contributed by atoms with Crippen LogP contribution in [0.5, 0.6) is 0 Å². The fourth-order valence-electron chi connectivity index (χ4n) is 1.60. The lowest BCUT2D eigenvalue weighted by Gasteiger charge is -1.98. The van der Waals surface area contributed by atoms with Crippen molar-refractivity contribution in [1.29, 1.82) is 0 Å². The molecule has 3 heteroatoms. The van der Waals surface area contributed by atoms with E-state index < -0.39 is 0 Å². The van der Waals surface area contributed by atoms with Gasteiger partial charge in [0.25, 0.3) is 0 Å². The van der Waals surface area contributed by atoms with Crippen LogP contribution in [0, 0.1) is 6.92 Å². The topological polar surface area (TPSA) is 29.7 Å². The highest BCUT2D eigenvalue weighted by atomic mass is 15.3. The molecule has 0 atom stereocenters. The Kier molecular flexibility index (Phi) is 2.15. The molecular formula is C11H14N3+. The van der Waals surface area contributed by atoms with Gasteiger partial charge in [0, 0.05) is 5.56 Å². The molecule has 2 rings (SSSR count). The average molecular weight is 188 g/mol. The molecule has 0 bridgehead atoms. The predicted molar refractivity (Wildman–Crippen MR) is 54.8 cm³/mol. The maximum atomic E-state index is 4.59. The summed E-state index contributed by atoms with van der Waals surface area (Å²) in [6.07, 6.45) is 0.910. The lowest BCUT2D eigenvalue weighted by atomic mass is 10.2. The van der Waals surface area contributed by atoms with E-state index in [9.17, 15) is 0 Å². The minimum Gasteiger partial charge on any atom is -0.137 e. The van der Waals surface area contributed by atoms with Gasteiger partial charge in [-0.3, -0.25) is 0 Å². The molecule has 1 aromatic carbocycles. The third-order valence-corrected chi connectivity index (χ3v) is 2.40. The first-order chi connectivity index (χ1) is 6.72. The van der Waals surface area contributed by atoms with Crippen LogP contribution in [0.2, 0.25) is 0 Å². The Bertz CT molecular complexity index is 477. The number of aromatic nitrogens is 3. The average Bonchev–Trinajstić information content (AvgIpc) is 2.17. The van der Waals surface area contributed by atoms with Crippen molar-refractivity contribution >= 4 is 11.0 Å². The summed E-state index contributed by atoms with van der Waals surface area (Å²) in [5.41, 5.74) is 3.16. The Labute approximate surface area is 83.4 Å². The van der Waals surface area contributed by atoms with Crippen LogP contribution in [0.15, 0.2) is 18.2 Å². The molecule has 14 heavy (non-hydrogen) atoms. The monoisotopic (exact) mass is 188 g/mol. The second-order valence-electron chi connectivity index (χ2n) is 3.45. The molecule has 0 aliphatic carbocycles. The second kappa shape index (κ2) is 3.33. The zero-order chi connectivity index (χ0) is 10.1. The highest BCUT2D eigenvalue weighted by Gasteiger charge is 2.13. The molecule has 0 saturated carbocycles. The van der Waals surface area contributed by atoms with Crippen molar-refractivity contribution in [3.63, 3.8) is 0 Å². The highest BCUT2D eigenvalue weighted by Crippen LogP contribution is 2.11. The van der Waals surface area contributed by atoms with Crippen LogP contribution in [0.25, 0.3) is 11.0 Å². The molecule has 0 aliphatic heterocycles. The van der Waals surface area contributed by atoms with Gasteiger partial charge in [-0.05, 0) is 18.0 Å². The molecule has 1 heterocycles. The Balaban J connectivity index is 2.80. The highest BCUT2D eigenvalue weighted by molar-refractivity contribution is 5.76. The number of para-hydroxylation sites is 1. The number of rotatable bonds is 1. The van der Waals surface area contributed by atoms with Crippen molar-refractivity contribution in [2.45, 2.75) is 20.3 Å². The molecule has 72 valence electrons. The first-order valence-corrected chi connectivity index (χ1v) is 4.85. The van der Waals surface area contributed by atoms with Crippen molar-refractivity contribution in [3.05, 3.63) is 29.6 Å². The number of fused-ring (bicyclic) bond motifs is 1. The summed E-state index contributed by atoms with van der Waals surface area (Å²) in [5.74, 6) is 1.02. The molecule has 2 aromatic rings. The quantitative estimate of drug-likeness (QED) is 0.632.